The fraction of sp³-hybridized carbons (Fsp3) is 0.647. The number of benzene rings is 1. The van der Waals surface area contributed by atoms with Crippen molar-refractivity contribution in [2.75, 3.05) is 31.1 Å². The van der Waals surface area contributed by atoms with Crippen molar-refractivity contribution in [1.29, 1.82) is 0 Å². The summed E-state index contributed by atoms with van der Waals surface area (Å²) in [6.45, 7) is 4.88. The Hall–Kier alpha value is -1.06. The number of piperidine rings is 1. The lowest BCUT2D eigenvalue weighted by Crippen LogP contribution is -2.52. The number of likely N-dealkylation sites (tertiary alicyclic amines) is 1. The van der Waals surface area contributed by atoms with Crippen molar-refractivity contribution in [1.82, 2.24) is 4.90 Å². The van der Waals surface area contributed by atoms with Gasteiger partial charge in [-0.3, -0.25) is 4.90 Å². The van der Waals surface area contributed by atoms with Crippen LogP contribution in [0.2, 0.25) is 0 Å². The molecule has 3 heteroatoms. The minimum atomic E-state index is 0.484. The molecule has 3 fully saturated rings. The van der Waals surface area contributed by atoms with Crippen LogP contribution in [0.15, 0.2) is 30.3 Å². The van der Waals surface area contributed by atoms with Gasteiger partial charge < -0.3 is 10.6 Å². The summed E-state index contributed by atoms with van der Waals surface area (Å²) in [6.07, 6.45) is 4.03. The van der Waals surface area contributed by atoms with Crippen LogP contribution in [0.1, 0.15) is 19.3 Å². The van der Waals surface area contributed by atoms with E-state index >= 15 is 0 Å². The first-order chi connectivity index (χ1) is 9.81. The Kier molecular flexibility index (Phi) is 3.20. The van der Waals surface area contributed by atoms with Gasteiger partial charge in [0.15, 0.2) is 0 Å². The molecular weight excluding hydrogens is 246 g/mol. The Morgan fingerprint density at radius 2 is 1.60 bits per heavy atom. The van der Waals surface area contributed by atoms with E-state index in [-0.39, 0.29) is 0 Å². The van der Waals surface area contributed by atoms with Gasteiger partial charge >= 0.3 is 0 Å². The van der Waals surface area contributed by atoms with E-state index in [0.29, 0.717) is 6.04 Å². The van der Waals surface area contributed by atoms with Crippen LogP contribution in [0.3, 0.4) is 0 Å². The van der Waals surface area contributed by atoms with Gasteiger partial charge in [-0.25, -0.2) is 0 Å². The summed E-state index contributed by atoms with van der Waals surface area (Å²) in [5.74, 6) is 1.53. The number of para-hydroxylation sites is 1. The predicted molar refractivity (Wildman–Crippen MR) is 82.8 cm³/mol. The third-order valence-corrected chi connectivity index (χ3v) is 5.74. The molecule has 3 aliphatic rings. The van der Waals surface area contributed by atoms with Gasteiger partial charge in [0.1, 0.15) is 0 Å². The Labute approximate surface area is 121 Å². The van der Waals surface area contributed by atoms with Gasteiger partial charge in [0, 0.05) is 44.0 Å². The van der Waals surface area contributed by atoms with Gasteiger partial charge in [-0.2, -0.15) is 0 Å². The predicted octanol–water partition coefficient (Wildman–Crippen LogP) is 1.93. The molecule has 0 amide bonds. The van der Waals surface area contributed by atoms with Crippen LogP contribution in [-0.4, -0.2) is 43.2 Å². The van der Waals surface area contributed by atoms with Crippen LogP contribution >= 0.6 is 0 Å². The average Bonchev–Trinajstić information content (AvgIpc) is 3.03. The van der Waals surface area contributed by atoms with Gasteiger partial charge in [-0.05, 0) is 43.2 Å². The molecule has 2 saturated heterocycles. The van der Waals surface area contributed by atoms with Crippen molar-refractivity contribution in [2.45, 2.75) is 31.3 Å². The van der Waals surface area contributed by atoms with E-state index in [2.05, 4.69) is 40.1 Å². The first-order valence-corrected chi connectivity index (χ1v) is 8.11. The average molecular weight is 271 g/mol. The fourth-order valence-electron chi connectivity index (χ4n) is 4.51. The van der Waals surface area contributed by atoms with E-state index in [1.807, 2.05) is 0 Å². The number of nitrogens with two attached hydrogens (primary N) is 1. The number of nitrogens with zero attached hydrogens (tertiary/aromatic N) is 2. The van der Waals surface area contributed by atoms with Crippen LogP contribution in [0.5, 0.6) is 0 Å². The van der Waals surface area contributed by atoms with E-state index < -0.39 is 0 Å². The standard InChI is InChI=1S/C17H25N3/c18-17-13-6-7-14(17)11-20(10-13)16-8-9-19(12-16)15-4-2-1-3-5-15/h1-5,13-14,16-17H,6-12,18H2/t13-,14+,16?,17?. The molecule has 3 nitrogen and oxygen atoms in total. The van der Waals surface area contributed by atoms with Crippen molar-refractivity contribution in [3.05, 3.63) is 30.3 Å². The normalized spacial score (nSPS) is 37.5. The quantitative estimate of drug-likeness (QED) is 0.892. The zero-order chi connectivity index (χ0) is 13.5. The molecule has 1 aromatic rings. The Bertz CT molecular complexity index is 447. The molecule has 0 aromatic heterocycles. The molecule has 1 saturated carbocycles. The summed E-state index contributed by atoms with van der Waals surface area (Å²) in [6, 6.07) is 12.1. The highest BCUT2D eigenvalue weighted by Gasteiger charge is 2.42. The molecule has 2 heterocycles. The van der Waals surface area contributed by atoms with Crippen LogP contribution in [0.25, 0.3) is 0 Å². The minimum Gasteiger partial charge on any atom is -0.370 e. The molecule has 4 atom stereocenters. The van der Waals surface area contributed by atoms with Gasteiger partial charge in [0.05, 0.1) is 0 Å². The monoisotopic (exact) mass is 271 g/mol. The summed E-state index contributed by atoms with van der Waals surface area (Å²) in [5.41, 5.74) is 7.71. The van der Waals surface area contributed by atoms with Crippen molar-refractivity contribution in [3.8, 4) is 0 Å². The highest BCUT2D eigenvalue weighted by Crippen LogP contribution is 2.37. The molecule has 4 rings (SSSR count). The van der Waals surface area contributed by atoms with Crippen molar-refractivity contribution in [2.24, 2.45) is 17.6 Å². The largest absolute Gasteiger partial charge is 0.370 e. The number of hydrogen-bond acceptors (Lipinski definition) is 3. The van der Waals surface area contributed by atoms with E-state index in [9.17, 15) is 0 Å². The van der Waals surface area contributed by atoms with Gasteiger partial charge in [0.25, 0.3) is 0 Å². The van der Waals surface area contributed by atoms with Crippen LogP contribution in [0, 0.1) is 11.8 Å². The molecule has 2 aliphatic heterocycles. The molecule has 108 valence electrons. The number of hydrogen-bond donors (Lipinski definition) is 1. The molecular formula is C17H25N3. The lowest BCUT2D eigenvalue weighted by Gasteiger charge is -2.39. The summed E-state index contributed by atoms with van der Waals surface area (Å²) in [5, 5.41) is 0. The maximum atomic E-state index is 6.33. The van der Waals surface area contributed by atoms with Crippen molar-refractivity contribution in [3.63, 3.8) is 0 Å². The minimum absolute atomic E-state index is 0.484. The van der Waals surface area contributed by atoms with E-state index in [1.54, 1.807) is 0 Å². The highest BCUT2D eigenvalue weighted by molar-refractivity contribution is 5.47. The second kappa shape index (κ2) is 5.05. The third kappa shape index (κ3) is 2.13. The number of anilines is 1. The fourth-order valence-corrected chi connectivity index (χ4v) is 4.51. The zero-order valence-electron chi connectivity index (χ0n) is 12.1. The first kappa shape index (κ1) is 12.7. The molecule has 1 aliphatic carbocycles. The zero-order valence-corrected chi connectivity index (χ0v) is 12.1. The maximum absolute atomic E-state index is 6.33. The van der Waals surface area contributed by atoms with Crippen molar-refractivity contribution < 1.29 is 0 Å². The first-order valence-electron chi connectivity index (χ1n) is 8.11. The molecule has 0 spiro atoms. The second-order valence-corrected chi connectivity index (χ2v) is 6.85. The Balaban J connectivity index is 1.42. The van der Waals surface area contributed by atoms with Crippen LogP contribution in [-0.2, 0) is 0 Å². The molecule has 2 unspecified atom stereocenters. The van der Waals surface area contributed by atoms with Crippen LogP contribution in [0.4, 0.5) is 5.69 Å². The molecule has 1 aromatic carbocycles. The summed E-state index contributed by atoms with van der Waals surface area (Å²) < 4.78 is 0. The van der Waals surface area contributed by atoms with Crippen LogP contribution < -0.4 is 10.6 Å². The Morgan fingerprint density at radius 3 is 2.30 bits per heavy atom. The smallest absolute Gasteiger partial charge is 0.0366 e. The lowest BCUT2D eigenvalue weighted by atomic mass is 9.92. The third-order valence-electron chi connectivity index (χ3n) is 5.74. The SMILES string of the molecule is NC1[C@@H]2CC[C@H]1CN(C1CCN(c3ccccc3)C1)C2. The summed E-state index contributed by atoms with van der Waals surface area (Å²) in [4.78, 5) is 5.29. The molecule has 20 heavy (non-hydrogen) atoms. The van der Waals surface area contributed by atoms with Gasteiger partial charge in [-0.1, -0.05) is 18.2 Å². The van der Waals surface area contributed by atoms with E-state index in [0.717, 1.165) is 17.9 Å². The molecule has 2 bridgehead atoms. The summed E-state index contributed by atoms with van der Waals surface area (Å²) >= 11 is 0. The highest BCUT2D eigenvalue weighted by atomic mass is 15.3. The summed E-state index contributed by atoms with van der Waals surface area (Å²) in [7, 11) is 0. The van der Waals surface area contributed by atoms with Gasteiger partial charge in [0.2, 0.25) is 0 Å². The molecule has 2 N–H and O–H groups in total. The second-order valence-electron chi connectivity index (χ2n) is 6.85. The van der Waals surface area contributed by atoms with E-state index in [4.69, 9.17) is 5.73 Å². The Morgan fingerprint density at radius 1 is 0.900 bits per heavy atom. The lowest BCUT2D eigenvalue weighted by molar-refractivity contribution is 0.110. The maximum Gasteiger partial charge on any atom is 0.0366 e. The molecule has 0 radical (unpaired) electrons. The van der Waals surface area contributed by atoms with E-state index in [1.165, 1.54) is 51.1 Å². The number of fused-ring (bicyclic) bond motifs is 2. The van der Waals surface area contributed by atoms with Gasteiger partial charge in [-0.15, -0.1) is 0 Å². The topological polar surface area (TPSA) is 32.5 Å². The number of rotatable bonds is 2. The van der Waals surface area contributed by atoms with Crippen molar-refractivity contribution >= 4 is 5.69 Å².